The molecule has 0 radical (unpaired) electrons. The smallest absolute Gasteiger partial charge is 0.0927 e. The highest BCUT2D eigenvalue weighted by Crippen LogP contribution is 2.58. The molecule has 0 aromatic rings. The van der Waals surface area contributed by atoms with Crippen LogP contribution in [0.5, 0.6) is 0 Å². The SMILES string of the molecule is C/C=C/OCC1CC2OC1C1C3CCC(O3)C21. The Balaban J connectivity index is 1.48. The van der Waals surface area contributed by atoms with Crippen LogP contribution in [0.2, 0.25) is 0 Å². The molecule has 0 amide bonds. The Morgan fingerprint density at radius 2 is 1.94 bits per heavy atom. The van der Waals surface area contributed by atoms with Gasteiger partial charge in [0.25, 0.3) is 0 Å². The van der Waals surface area contributed by atoms with E-state index in [1.54, 1.807) is 6.26 Å². The van der Waals surface area contributed by atoms with E-state index in [2.05, 4.69) is 0 Å². The van der Waals surface area contributed by atoms with Crippen LogP contribution in [0.15, 0.2) is 12.3 Å². The van der Waals surface area contributed by atoms with Crippen molar-refractivity contribution in [3.63, 3.8) is 0 Å². The van der Waals surface area contributed by atoms with Gasteiger partial charge in [0.2, 0.25) is 0 Å². The summed E-state index contributed by atoms with van der Waals surface area (Å²) in [6.07, 6.45) is 9.29. The van der Waals surface area contributed by atoms with Gasteiger partial charge >= 0.3 is 0 Å². The van der Waals surface area contributed by atoms with Crippen molar-refractivity contribution in [3.8, 4) is 0 Å². The zero-order chi connectivity index (χ0) is 11.4. The number of rotatable bonds is 3. The fraction of sp³-hybridized carbons (Fsp3) is 0.857. The molecule has 0 N–H and O–H groups in total. The summed E-state index contributed by atoms with van der Waals surface area (Å²) in [6.45, 7) is 2.79. The molecule has 17 heavy (non-hydrogen) atoms. The molecule has 4 rings (SSSR count). The van der Waals surface area contributed by atoms with Gasteiger partial charge in [0, 0.05) is 17.8 Å². The van der Waals surface area contributed by atoms with E-state index >= 15 is 0 Å². The van der Waals surface area contributed by atoms with Crippen LogP contribution in [-0.4, -0.2) is 31.0 Å². The molecule has 4 fully saturated rings. The van der Waals surface area contributed by atoms with Crippen LogP contribution in [0.25, 0.3) is 0 Å². The van der Waals surface area contributed by atoms with Gasteiger partial charge in [0.15, 0.2) is 0 Å². The first-order chi connectivity index (χ1) is 8.38. The second kappa shape index (κ2) is 3.72. The fourth-order valence-corrected chi connectivity index (χ4v) is 4.56. The standard InChI is InChI=1S/C14H20O3/c1-2-5-15-7-8-6-11-12-9-3-4-10(16-9)13(12)14(8)17-11/h2,5,8-14H,3-4,6-7H2,1H3/b5-2+. The molecule has 0 aliphatic carbocycles. The molecule has 4 heterocycles. The van der Waals surface area contributed by atoms with Crippen LogP contribution in [0.3, 0.4) is 0 Å². The van der Waals surface area contributed by atoms with Gasteiger partial charge in [-0.05, 0) is 26.2 Å². The summed E-state index contributed by atoms with van der Waals surface area (Å²) in [5, 5.41) is 0. The van der Waals surface area contributed by atoms with Crippen molar-refractivity contribution in [3.05, 3.63) is 12.3 Å². The molecule has 7 unspecified atom stereocenters. The Morgan fingerprint density at radius 1 is 1.12 bits per heavy atom. The lowest BCUT2D eigenvalue weighted by atomic mass is 9.68. The van der Waals surface area contributed by atoms with Gasteiger partial charge < -0.3 is 14.2 Å². The quantitative estimate of drug-likeness (QED) is 0.702. The van der Waals surface area contributed by atoms with Crippen LogP contribution < -0.4 is 0 Å². The van der Waals surface area contributed by atoms with Gasteiger partial charge in [0.1, 0.15) is 0 Å². The molecule has 7 atom stereocenters. The Kier molecular flexibility index (Phi) is 2.28. The second-order valence-corrected chi connectivity index (χ2v) is 5.88. The van der Waals surface area contributed by atoms with E-state index in [-0.39, 0.29) is 0 Å². The lowest BCUT2D eigenvalue weighted by Crippen LogP contribution is -2.41. The second-order valence-electron chi connectivity index (χ2n) is 5.88. The summed E-state index contributed by atoms with van der Waals surface area (Å²) in [7, 11) is 0. The largest absolute Gasteiger partial charge is 0.501 e. The third kappa shape index (κ3) is 1.36. The first-order valence-electron chi connectivity index (χ1n) is 6.92. The van der Waals surface area contributed by atoms with Gasteiger partial charge in [-0.25, -0.2) is 0 Å². The van der Waals surface area contributed by atoms with Crippen LogP contribution in [-0.2, 0) is 14.2 Å². The zero-order valence-corrected chi connectivity index (χ0v) is 10.2. The van der Waals surface area contributed by atoms with Gasteiger partial charge in [-0.15, -0.1) is 0 Å². The maximum atomic E-state index is 6.18. The third-order valence-electron chi connectivity index (χ3n) is 5.07. The maximum absolute atomic E-state index is 6.18. The molecule has 94 valence electrons. The Labute approximate surface area is 102 Å². The molecule has 0 aromatic heterocycles. The van der Waals surface area contributed by atoms with Crippen LogP contribution in [0, 0.1) is 17.8 Å². The van der Waals surface area contributed by atoms with Crippen molar-refractivity contribution in [1.82, 2.24) is 0 Å². The lowest BCUT2D eigenvalue weighted by molar-refractivity contribution is -0.00316. The fourth-order valence-electron chi connectivity index (χ4n) is 4.56. The summed E-state index contributed by atoms with van der Waals surface area (Å²) < 4.78 is 17.8. The van der Waals surface area contributed by atoms with Crippen molar-refractivity contribution in [2.24, 2.45) is 17.8 Å². The number of allylic oxidation sites excluding steroid dienone is 1. The van der Waals surface area contributed by atoms with E-state index in [4.69, 9.17) is 14.2 Å². The van der Waals surface area contributed by atoms with E-state index in [1.165, 1.54) is 19.3 Å². The molecule has 3 heteroatoms. The van der Waals surface area contributed by atoms with Gasteiger partial charge in [-0.3, -0.25) is 0 Å². The molecule has 4 bridgehead atoms. The van der Waals surface area contributed by atoms with Crippen molar-refractivity contribution in [2.45, 2.75) is 50.6 Å². The minimum Gasteiger partial charge on any atom is -0.501 e. The molecular weight excluding hydrogens is 216 g/mol. The molecule has 0 spiro atoms. The number of hydrogen-bond donors (Lipinski definition) is 0. The molecule has 4 aliphatic heterocycles. The highest BCUT2D eigenvalue weighted by atomic mass is 16.5. The Hall–Kier alpha value is -0.540. The van der Waals surface area contributed by atoms with E-state index < -0.39 is 0 Å². The lowest BCUT2D eigenvalue weighted by Gasteiger charge is -2.32. The monoisotopic (exact) mass is 236 g/mol. The molecule has 0 saturated carbocycles. The minimum atomic E-state index is 0.408. The van der Waals surface area contributed by atoms with Crippen LogP contribution >= 0.6 is 0 Å². The summed E-state index contributed by atoms with van der Waals surface area (Å²) in [6, 6.07) is 0. The molecule has 0 aromatic carbocycles. The zero-order valence-electron chi connectivity index (χ0n) is 10.2. The predicted molar refractivity (Wildman–Crippen MR) is 62.4 cm³/mol. The number of ether oxygens (including phenoxy) is 3. The first kappa shape index (κ1) is 10.4. The molecule has 4 saturated heterocycles. The highest BCUT2D eigenvalue weighted by molar-refractivity contribution is 5.11. The van der Waals surface area contributed by atoms with E-state index in [9.17, 15) is 0 Å². The van der Waals surface area contributed by atoms with Crippen LogP contribution in [0.1, 0.15) is 26.2 Å². The van der Waals surface area contributed by atoms with Crippen molar-refractivity contribution >= 4 is 0 Å². The van der Waals surface area contributed by atoms with E-state index in [0.717, 1.165) is 6.61 Å². The first-order valence-corrected chi connectivity index (χ1v) is 6.92. The van der Waals surface area contributed by atoms with E-state index in [0.29, 0.717) is 42.2 Å². The van der Waals surface area contributed by atoms with Crippen LogP contribution in [0.4, 0.5) is 0 Å². The maximum Gasteiger partial charge on any atom is 0.0927 e. The van der Waals surface area contributed by atoms with Gasteiger partial charge in [0.05, 0.1) is 37.3 Å². The van der Waals surface area contributed by atoms with Crippen molar-refractivity contribution in [2.75, 3.05) is 6.61 Å². The highest BCUT2D eigenvalue weighted by Gasteiger charge is 2.64. The van der Waals surface area contributed by atoms with E-state index in [1.807, 2.05) is 13.0 Å². The van der Waals surface area contributed by atoms with Crippen molar-refractivity contribution < 1.29 is 14.2 Å². The average Bonchev–Trinajstić information content (AvgIpc) is 3.07. The molecular formula is C14H20O3. The number of hydrogen-bond acceptors (Lipinski definition) is 3. The topological polar surface area (TPSA) is 27.7 Å². The summed E-state index contributed by atoms with van der Waals surface area (Å²) >= 11 is 0. The van der Waals surface area contributed by atoms with Gasteiger partial charge in [-0.1, -0.05) is 6.08 Å². The summed E-state index contributed by atoms with van der Waals surface area (Å²) in [5.41, 5.74) is 0. The summed E-state index contributed by atoms with van der Waals surface area (Å²) in [4.78, 5) is 0. The normalized spacial score (nSPS) is 54.8. The predicted octanol–water partition coefficient (Wildman–Crippen LogP) is 2.12. The summed E-state index contributed by atoms with van der Waals surface area (Å²) in [5.74, 6) is 1.96. The molecule has 4 aliphatic rings. The Morgan fingerprint density at radius 3 is 2.76 bits per heavy atom. The third-order valence-corrected chi connectivity index (χ3v) is 5.07. The van der Waals surface area contributed by atoms with Gasteiger partial charge in [-0.2, -0.15) is 0 Å². The average molecular weight is 236 g/mol. The van der Waals surface area contributed by atoms with Crippen molar-refractivity contribution in [1.29, 1.82) is 0 Å². The minimum absolute atomic E-state index is 0.408. The molecule has 3 nitrogen and oxygen atoms in total. The number of fused-ring (bicyclic) bond motifs is 9. The Bertz CT molecular complexity index is 340.